The molecule has 46 heavy (non-hydrogen) atoms. The molecule has 14 heteroatoms. The van der Waals surface area contributed by atoms with E-state index in [9.17, 15) is 14.7 Å². The first-order chi connectivity index (χ1) is 22.2. The van der Waals surface area contributed by atoms with Crippen molar-refractivity contribution in [1.82, 2.24) is 40.0 Å². The van der Waals surface area contributed by atoms with E-state index >= 15 is 0 Å². The maximum absolute atomic E-state index is 13.6. The predicted molar refractivity (Wildman–Crippen MR) is 174 cm³/mol. The maximum atomic E-state index is 13.6. The van der Waals surface area contributed by atoms with Gasteiger partial charge in [-0.15, -0.1) is 0 Å². The van der Waals surface area contributed by atoms with Crippen LogP contribution in [0.4, 0.5) is 17.6 Å². The number of aliphatic hydroxyl groups is 1. The van der Waals surface area contributed by atoms with E-state index in [0.717, 1.165) is 37.6 Å². The van der Waals surface area contributed by atoms with E-state index in [0.29, 0.717) is 45.1 Å². The highest BCUT2D eigenvalue weighted by molar-refractivity contribution is 6.33. The summed E-state index contributed by atoms with van der Waals surface area (Å²) in [7, 11) is 2.09. The second-order valence-electron chi connectivity index (χ2n) is 11.4. The summed E-state index contributed by atoms with van der Waals surface area (Å²) in [5.74, 6) is 1.57. The summed E-state index contributed by atoms with van der Waals surface area (Å²) in [6.45, 7) is 6.97. The quantitative estimate of drug-likeness (QED) is 0.247. The lowest BCUT2D eigenvalue weighted by Crippen LogP contribution is -2.47. The van der Waals surface area contributed by atoms with Crippen molar-refractivity contribution in [2.75, 3.05) is 50.1 Å². The van der Waals surface area contributed by atoms with Gasteiger partial charge in [0, 0.05) is 50.0 Å². The van der Waals surface area contributed by atoms with Crippen LogP contribution in [0.5, 0.6) is 0 Å². The summed E-state index contributed by atoms with van der Waals surface area (Å²) in [5, 5.41) is 16.5. The maximum Gasteiger partial charge on any atom is 0.255 e. The topological polar surface area (TPSA) is 153 Å². The molecule has 3 N–H and O–H groups in total. The van der Waals surface area contributed by atoms with Crippen molar-refractivity contribution in [3.05, 3.63) is 82.5 Å². The van der Waals surface area contributed by atoms with Crippen molar-refractivity contribution in [2.45, 2.75) is 32.5 Å². The Balaban J connectivity index is 1.15. The van der Waals surface area contributed by atoms with Gasteiger partial charge in [0.1, 0.15) is 23.5 Å². The van der Waals surface area contributed by atoms with Gasteiger partial charge >= 0.3 is 0 Å². The molecule has 6 rings (SSSR count). The monoisotopic (exact) mass is 642 g/mol. The first kappa shape index (κ1) is 31.3. The number of hydrogen-bond donors (Lipinski definition) is 3. The van der Waals surface area contributed by atoms with Gasteiger partial charge in [-0.25, -0.2) is 24.9 Å². The van der Waals surface area contributed by atoms with E-state index in [1.54, 1.807) is 38.2 Å². The van der Waals surface area contributed by atoms with Crippen LogP contribution in [0.3, 0.4) is 0 Å². The molecular formula is C32H35ClN10O3. The molecule has 4 aromatic rings. The number of nitrogens with zero attached hydrogens (tertiary/aromatic N) is 8. The zero-order chi connectivity index (χ0) is 32.4. The summed E-state index contributed by atoms with van der Waals surface area (Å²) in [5.41, 5.74) is 2.89. The molecular weight excluding hydrogens is 608 g/mol. The number of carbonyl (C=O) groups excluding carboxylic acids is 2. The van der Waals surface area contributed by atoms with Crippen molar-refractivity contribution in [3.8, 4) is 11.3 Å². The van der Waals surface area contributed by atoms with Crippen molar-refractivity contribution < 1.29 is 14.7 Å². The second-order valence-corrected chi connectivity index (χ2v) is 11.8. The number of carbonyl (C=O) groups is 2. The molecule has 1 aromatic carbocycles. The summed E-state index contributed by atoms with van der Waals surface area (Å²) >= 11 is 6.48. The third-order valence-electron chi connectivity index (χ3n) is 8.26. The Morgan fingerprint density at radius 3 is 2.63 bits per heavy atom. The lowest BCUT2D eigenvalue weighted by atomic mass is 10.0. The van der Waals surface area contributed by atoms with Crippen LogP contribution >= 0.6 is 11.6 Å². The predicted octanol–water partition coefficient (Wildman–Crippen LogP) is 2.98. The average Bonchev–Trinajstić information content (AvgIpc) is 3.39. The first-order valence-corrected chi connectivity index (χ1v) is 15.4. The van der Waals surface area contributed by atoms with Gasteiger partial charge in [-0.1, -0.05) is 29.8 Å². The summed E-state index contributed by atoms with van der Waals surface area (Å²) in [4.78, 5) is 55.0. The number of halogens is 1. The summed E-state index contributed by atoms with van der Waals surface area (Å²) in [6, 6.07) is 11.2. The number of hydrogen-bond acceptors (Lipinski definition) is 11. The SMILES string of the molecule is Cc1nccc(Nc2ncc(Cl)c(-c3ccc4c(c3)C(=O)N(C(C)C(=O)NC(CO)c3cccc(N5CCN(C)CC5)n3)C4)n2)n1. The van der Waals surface area contributed by atoms with Crippen molar-refractivity contribution >= 4 is 41.0 Å². The van der Waals surface area contributed by atoms with Gasteiger partial charge in [0.2, 0.25) is 11.9 Å². The number of anilines is 3. The normalized spacial score (nSPS) is 16.2. The van der Waals surface area contributed by atoms with Gasteiger partial charge in [0.25, 0.3) is 5.91 Å². The second kappa shape index (κ2) is 13.3. The molecule has 0 saturated carbocycles. The minimum atomic E-state index is -0.798. The Hall–Kier alpha value is -4.72. The van der Waals surface area contributed by atoms with Gasteiger partial charge in [-0.3, -0.25) is 9.59 Å². The molecule has 1 fully saturated rings. The number of piperazine rings is 1. The summed E-state index contributed by atoms with van der Waals surface area (Å²) in [6.07, 6.45) is 3.12. The van der Waals surface area contributed by atoms with E-state index in [4.69, 9.17) is 16.6 Å². The molecule has 2 unspecified atom stereocenters. The standard InChI is InChI=1S/C32H35ClN10O3/c1-19(30(45)38-26(18-44)25-5-4-6-28(37-25)42-13-11-41(3)12-14-42)43-17-22-8-7-21(15-23(22)31(43)46)29-24(33)16-35-32(40-29)39-27-9-10-34-20(2)36-27/h4-10,15-16,19,26,44H,11-14,17-18H2,1-3H3,(H,38,45)(H,34,35,36,39,40). The molecule has 0 spiro atoms. The van der Waals surface area contributed by atoms with Crippen LogP contribution in [0.2, 0.25) is 5.02 Å². The Morgan fingerprint density at radius 1 is 1.07 bits per heavy atom. The smallest absolute Gasteiger partial charge is 0.255 e. The zero-order valence-corrected chi connectivity index (χ0v) is 26.6. The third kappa shape index (κ3) is 6.62. The fraction of sp³-hybridized carbons (Fsp3) is 0.344. The lowest BCUT2D eigenvalue weighted by Gasteiger charge is -2.33. The molecule has 2 aliphatic rings. The molecule has 0 radical (unpaired) electrons. The average molecular weight is 643 g/mol. The van der Waals surface area contributed by atoms with Crippen molar-refractivity contribution in [2.24, 2.45) is 0 Å². The van der Waals surface area contributed by atoms with Crippen LogP contribution in [-0.4, -0.2) is 97.5 Å². The molecule has 1 saturated heterocycles. The number of aromatic nitrogens is 5. The van der Waals surface area contributed by atoms with Gasteiger partial charge < -0.3 is 30.4 Å². The molecule has 5 heterocycles. The van der Waals surface area contributed by atoms with E-state index in [1.165, 1.54) is 11.1 Å². The number of aryl methyl sites for hydroxylation is 1. The van der Waals surface area contributed by atoms with Crippen LogP contribution in [0.1, 0.15) is 40.4 Å². The van der Waals surface area contributed by atoms with Crippen molar-refractivity contribution in [3.63, 3.8) is 0 Å². The number of pyridine rings is 1. The minimum Gasteiger partial charge on any atom is -0.394 e. The van der Waals surface area contributed by atoms with E-state index in [2.05, 4.69) is 47.4 Å². The fourth-order valence-corrected chi connectivity index (χ4v) is 5.75. The Bertz CT molecular complexity index is 1760. The highest BCUT2D eigenvalue weighted by Crippen LogP contribution is 2.32. The molecule has 238 valence electrons. The highest BCUT2D eigenvalue weighted by Gasteiger charge is 2.35. The van der Waals surface area contributed by atoms with E-state index in [1.807, 2.05) is 24.3 Å². The molecule has 2 amide bonds. The molecule has 2 atom stereocenters. The third-order valence-corrected chi connectivity index (χ3v) is 8.54. The van der Waals surface area contributed by atoms with Crippen LogP contribution in [0.25, 0.3) is 11.3 Å². The molecule has 0 aliphatic carbocycles. The Kier molecular flexibility index (Phi) is 9.06. The highest BCUT2D eigenvalue weighted by atomic mass is 35.5. The molecule has 13 nitrogen and oxygen atoms in total. The number of likely N-dealkylation sites (N-methyl/N-ethyl adjacent to an activating group) is 1. The van der Waals surface area contributed by atoms with Crippen LogP contribution < -0.4 is 15.5 Å². The van der Waals surface area contributed by atoms with Gasteiger partial charge in [-0.2, -0.15) is 0 Å². The number of benzene rings is 1. The molecule has 3 aromatic heterocycles. The largest absolute Gasteiger partial charge is 0.394 e. The fourth-order valence-electron chi connectivity index (χ4n) is 5.55. The van der Waals surface area contributed by atoms with Gasteiger partial charge in [0.15, 0.2) is 0 Å². The number of amides is 2. The first-order valence-electron chi connectivity index (χ1n) is 15.1. The molecule has 2 aliphatic heterocycles. The van der Waals surface area contributed by atoms with Crippen LogP contribution in [0.15, 0.2) is 54.9 Å². The van der Waals surface area contributed by atoms with Crippen LogP contribution in [-0.2, 0) is 11.3 Å². The van der Waals surface area contributed by atoms with Gasteiger partial charge in [0.05, 0.1) is 35.3 Å². The van der Waals surface area contributed by atoms with E-state index in [-0.39, 0.29) is 25.0 Å². The number of nitrogens with one attached hydrogen (secondary N) is 2. The minimum absolute atomic E-state index is 0.265. The number of aliphatic hydroxyl groups excluding tert-OH is 1. The Labute approximate surface area is 271 Å². The number of fused-ring (bicyclic) bond motifs is 1. The summed E-state index contributed by atoms with van der Waals surface area (Å²) < 4.78 is 0. The van der Waals surface area contributed by atoms with Crippen molar-refractivity contribution in [1.29, 1.82) is 0 Å². The van der Waals surface area contributed by atoms with Crippen LogP contribution in [0, 0.1) is 6.92 Å². The number of rotatable bonds is 9. The Morgan fingerprint density at radius 2 is 1.87 bits per heavy atom. The molecule has 0 bridgehead atoms. The van der Waals surface area contributed by atoms with Gasteiger partial charge in [-0.05, 0) is 50.7 Å². The van der Waals surface area contributed by atoms with E-state index < -0.39 is 12.1 Å². The zero-order valence-electron chi connectivity index (χ0n) is 25.8. The lowest BCUT2D eigenvalue weighted by molar-refractivity contribution is -0.126.